The Morgan fingerprint density at radius 1 is 1.00 bits per heavy atom. The molecule has 0 bridgehead atoms. The molecular formula is C24H23BrN2O3S. The summed E-state index contributed by atoms with van der Waals surface area (Å²) in [5.74, 6) is 1.43. The van der Waals surface area contributed by atoms with Gasteiger partial charge in [0.2, 0.25) is 0 Å². The molecule has 0 aliphatic rings. The lowest BCUT2D eigenvalue weighted by atomic mass is 10.2. The Morgan fingerprint density at radius 2 is 1.68 bits per heavy atom. The molecule has 160 valence electrons. The van der Waals surface area contributed by atoms with Crippen molar-refractivity contribution in [3.8, 4) is 11.5 Å². The molecule has 7 heteroatoms. The first-order valence-electron chi connectivity index (χ1n) is 9.78. The number of fused-ring (bicyclic) bond motifs is 1. The van der Waals surface area contributed by atoms with Crippen LogP contribution in [0, 0.1) is 0 Å². The van der Waals surface area contributed by atoms with Crippen molar-refractivity contribution in [3.63, 3.8) is 0 Å². The first kappa shape index (κ1) is 21.5. The van der Waals surface area contributed by atoms with Gasteiger partial charge in [0, 0.05) is 26.2 Å². The molecule has 2 aromatic heterocycles. The zero-order chi connectivity index (χ0) is 22.0. The Morgan fingerprint density at radius 3 is 2.32 bits per heavy atom. The molecule has 0 spiro atoms. The van der Waals surface area contributed by atoms with Crippen molar-refractivity contribution in [1.82, 2.24) is 9.47 Å². The third-order valence-electron chi connectivity index (χ3n) is 5.14. The van der Waals surface area contributed by atoms with Gasteiger partial charge in [-0.1, -0.05) is 30.3 Å². The number of hydrogen-bond acceptors (Lipinski definition) is 4. The second-order valence-corrected chi connectivity index (χ2v) is 9.75. The van der Waals surface area contributed by atoms with Crippen LogP contribution in [0.5, 0.6) is 11.5 Å². The SMILES string of the molecule is COc1cc(Cn2c(C(=O)N(C)Cc3ccccc3)cc3sc(Br)cc32)cc(OC)c1. The van der Waals surface area contributed by atoms with Crippen molar-refractivity contribution in [1.29, 1.82) is 0 Å². The van der Waals surface area contributed by atoms with Crippen LogP contribution in [0.2, 0.25) is 0 Å². The molecule has 0 fully saturated rings. The van der Waals surface area contributed by atoms with E-state index in [4.69, 9.17) is 9.47 Å². The summed E-state index contributed by atoms with van der Waals surface area (Å²) in [5.41, 5.74) is 3.78. The lowest BCUT2D eigenvalue weighted by Crippen LogP contribution is -2.28. The van der Waals surface area contributed by atoms with E-state index >= 15 is 0 Å². The number of halogens is 1. The normalized spacial score (nSPS) is 11.0. The lowest BCUT2D eigenvalue weighted by molar-refractivity contribution is 0.0775. The van der Waals surface area contributed by atoms with E-state index in [9.17, 15) is 4.79 Å². The van der Waals surface area contributed by atoms with Crippen molar-refractivity contribution in [2.24, 2.45) is 0 Å². The van der Waals surface area contributed by atoms with E-state index in [1.165, 1.54) is 0 Å². The number of nitrogens with zero attached hydrogens (tertiary/aromatic N) is 2. The van der Waals surface area contributed by atoms with E-state index in [0.29, 0.717) is 18.8 Å². The second-order valence-electron chi connectivity index (χ2n) is 7.28. The second kappa shape index (κ2) is 9.16. The van der Waals surface area contributed by atoms with Crippen molar-refractivity contribution >= 4 is 43.4 Å². The van der Waals surface area contributed by atoms with Crippen molar-refractivity contribution in [2.75, 3.05) is 21.3 Å². The monoisotopic (exact) mass is 498 g/mol. The maximum absolute atomic E-state index is 13.4. The van der Waals surface area contributed by atoms with Gasteiger partial charge < -0.3 is 18.9 Å². The van der Waals surface area contributed by atoms with Crippen LogP contribution >= 0.6 is 27.3 Å². The highest BCUT2D eigenvalue weighted by Gasteiger charge is 2.21. The van der Waals surface area contributed by atoms with Gasteiger partial charge in [0.1, 0.15) is 17.2 Å². The molecule has 0 saturated heterocycles. The van der Waals surface area contributed by atoms with Gasteiger partial charge in [-0.25, -0.2) is 0 Å². The maximum atomic E-state index is 13.4. The highest BCUT2D eigenvalue weighted by molar-refractivity contribution is 9.11. The summed E-state index contributed by atoms with van der Waals surface area (Å²) in [6.07, 6.45) is 0. The summed E-state index contributed by atoms with van der Waals surface area (Å²) in [4.78, 5) is 15.2. The van der Waals surface area contributed by atoms with Gasteiger partial charge in [-0.15, -0.1) is 11.3 Å². The summed E-state index contributed by atoms with van der Waals surface area (Å²) in [6.45, 7) is 1.08. The Hall–Kier alpha value is -2.77. The van der Waals surface area contributed by atoms with Crippen LogP contribution in [0.4, 0.5) is 0 Å². The fourth-order valence-electron chi connectivity index (χ4n) is 3.62. The van der Waals surface area contributed by atoms with E-state index in [1.54, 1.807) is 30.5 Å². The molecule has 31 heavy (non-hydrogen) atoms. The number of hydrogen-bond donors (Lipinski definition) is 0. The summed E-state index contributed by atoms with van der Waals surface area (Å²) in [5, 5.41) is 0. The van der Waals surface area contributed by atoms with Crippen LogP contribution < -0.4 is 9.47 Å². The predicted octanol–water partition coefficient (Wildman–Crippen LogP) is 5.80. The van der Waals surface area contributed by atoms with Crippen LogP contribution in [-0.4, -0.2) is 36.6 Å². The van der Waals surface area contributed by atoms with Crippen LogP contribution in [0.25, 0.3) is 10.2 Å². The highest BCUT2D eigenvalue weighted by Crippen LogP contribution is 2.34. The van der Waals surface area contributed by atoms with Crippen molar-refractivity contribution in [2.45, 2.75) is 13.1 Å². The number of carbonyl (C=O) groups excluding carboxylic acids is 1. The average molecular weight is 499 g/mol. The molecule has 0 unspecified atom stereocenters. The molecule has 0 aliphatic heterocycles. The van der Waals surface area contributed by atoms with Crippen LogP contribution in [0.1, 0.15) is 21.6 Å². The number of benzene rings is 2. The van der Waals surface area contributed by atoms with Gasteiger partial charge >= 0.3 is 0 Å². The molecular weight excluding hydrogens is 476 g/mol. The number of thiophene rings is 1. The molecule has 5 nitrogen and oxygen atoms in total. The van der Waals surface area contributed by atoms with Crippen LogP contribution in [-0.2, 0) is 13.1 Å². The molecule has 4 rings (SSSR count). The topological polar surface area (TPSA) is 43.7 Å². The number of ether oxygens (including phenoxy) is 2. The van der Waals surface area contributed by atoms with Gasteiger partial charge in [-0.2, -0.15) is 0 Å². The Bertz CT molecular complexity index is 1190. The van der Waals surface area contributed by atoms with Crippen molar-refractivity contribution < 1.29 is 14.3 Å². The molecule has 2 aromatic carbocycles. The number of aromatic nitrogens is 1. The number of amides is 1. The first-order valence-corrected chi connectivity index (χ1v) is 11.4. The fourth-order valence-corrected chi connectivity index (χ4v) is 5.19. The van der Waals surface area contributed by atoms with Crippen LogP contribution in [0.3, 0.4) is 0 Å². The third-order valence-corrected chi connectivity index (χ3v) is 6.71. The molecule has 0 atom stereocenters. The smallest absolute Gasteiger partial charge is 0.270 e. The van der Waals surface area contributed by atoms with Crippen molar-refractivity contribution in [3.05, 3.63) is 81.3 Å². The minimum atomic E-state index is -0.0155. The standard InChI is InChI=1S/C24H23BrN2O3S/c1-26(14-16-7-5-4-6-8-16)24(28)21-12-22-20(13-23(25)31-22)27(21)15-17-9-18(29-2)11-19(10-17)30-3/h4-13H,14-15H2,1-3H3. The van der Waals surface area contributed by atoms with Gasteiger partial charge in [-0.3, -0.25) is 4.79 Å². The fraction of sp³-hybridized carbons (Fsp3) is 0.208. The van der Waals surface area contributed by atoms with E-state index in [1.807, 2.05) is 61.6 Å². The summed E-state index contributed by atoms with van der Waals surface area (Å²) >= 11 is 5.20. The molecule has 0 aliphatic carbocycles. The molecule has 0 N–H and O–H groups in total. The van der Waals surface area contributed by atoms with E-state index in [0.717, 1.165) is 36.6 Å². The highest BCUT2D eigenvalue weighted by atomic mass is 79.9. The number of carbonyl (C=O) groups is 1. The minimum Gasteiger partial charge on any atom is -0.497 e. The lowest BCUT2D eigenvalue weighted by Gasteiger charge is -2.19. The molecule has 1 amide bonds. The zero-order valence-corrected chi connectivity index (χ0v) is 20.0. The average Bonchev–Trinajstić information content (AvgIpc) is 3.30. The zero-order valence-electron chi connectivity index (χ0n) is 17.6. The van der Waals surface area contributed by atoms with Gasteiger partial charge in [0.05, 0.1) is 28.2 Å². The molecule has 0 radical (unpaired) electrons. The largest absolute Gasteiger partial charge is 0.497 e. The number of methoxy groups -OCH3 is 2. The Kier molecular flexibility index (Phi) is 6.34. The predicted molar refractivity (Wildman–Crippen MR) is 128 cm³/mol. The van der Waals surface area contributed by atoms with E-state index < -0.39 is 0 Å². The Balaban J connectivity index is 1.71. The Labute approximate surface area is 193 Å². The summed E-state index contributed by atoms with van der Waals surface area (Å²) in [7, 11) is 5.11. The van der Waals surface area contributed by atoms with Gasteiger partial charge in [0.15, 0.2) is 0 Å². The van der Waals surface area contributed by atoms with E-state index in [2.05, 4.69) is 26.6 Å². The molecule has 0 saturated carbocycles. The minimum absolute atomic E-state index is 0.0155. The van der Waals surface area contributed by atoms with Crippen LogP contribution in [0.15, 0.2) is 64.5 Å². The van der Waals surface area contributed by atoms with Gasteiger partial charge in [0.25, 0.3) is 5.91 Å². The maximum Gasteiger partial charge on any atom is 0.270 e. The van der Waals surface area contributed by atoms with Gasteiger partial charge in [-0.05, 0) is 51.3 Å². The van der Waals surface area contributed by atoms with E-state index in [-0.39, 0.29) is 5.91 Å². The molecule has 2 heterocycles. The number of rotatable bonds is 7. The first-order chi connectivity index (χ1) is 15.0. The summed E-state index contributed by atoms with van der Waals surface area (Å²) in [6, 6.07) is 19.8. The third kappa shape index (κ3) is 4.62. The summed E-state index contributed by atoms with van der Waals surface area (Å²) < 4.78 is 15.0. The molecule has 4 aromatic rings. The quantitative estimate of drug-likeness (QED) is 0.323.